The largest absolute Gasteiger partial charge is 0.333 e. The van der Waals surface area contributed by atoms with E-state index in [4.69, 9.17) is 0 Å². The molecule has 0 fully saturated rings. The fourth-order valence-corrected chi connectivity index (χ4v) is 3.33. The second-order valence-corrected chi connectivity index (χ2v) is 5.94. The summed E-state index contributed by atoms with van der Waals surface area (Å²) in [7, 11) is 0. The maximum Gasteiger partial charge on any atom is 0.200 e. The van der Waals surface area contributed by atoms with E-state index in [9.17, 15) is 9.59 Å². The number of Topliss-reactive ketones (excluding diaryl/α,β-unsaturated/α-hetero) is 1. The van der Waals surface area contributed by atoms with Gasteiger partial charge in [0.05, 0.1) is 15.9 Å². The predicted octanol–water partition coefficient (Wildman–Crippen LogP) is 3.62. The second-order valence-electron chi connectivity index (χ2n) is 4.91. The third kappa shape index (κ3) is 2.07. The molecular weight excluding hydrogens is 296 g/mol. The van der Waals surface area contributed by atoms with E-state index in [-0.39, 0.29) is 11.6 Å². The van der Waals surface area contributed by atoms with Crippen molar-refractivity contribution in [1.29, 1.82) is 0 Å². The molecule has 22 heavy (non-hydrogen) atoms. The van der Waals surface area contributed by atoms with Gasteiger partial charge in [-0.15, -0.1) is 0 Å². The fourth-order valence-electron chi connectivity index (χ4n) is 2.45. The molecule has 0 atom stereocenters. The lowest BCUT2D eigenvalue weighted by atomic mass is 9.95. The average molecular weight is 306 g/mol. The summed E-state index contributed by atoms with van der Waals surface area (Å²) in [5, 5.41) is 0.605. The maximum absolute atomic E-state index is 12.5. The summed E-state index contributed by atoms with van der Waals surface area (Å²) in [5.41, 5.74) is 2.65. The number of rotatable bonds is 2. The van der Waals surface area contributed by atoms with Crippen molar-refractivity contribution < 1.29 is 9.59 Å². The number of imidazole rings is 1. The second kappa shape index (κ2) is 4.96. The smallest absolute Gasteiger partial charge is 0.200 e. The predicted molar refractivity (Wildman–Crippen MR) is 85.1 cm³/mol. The van der Waals surface area contributed by atoms with Crippen molar-refractivity contribution in [2.45, 2.75) is 5.16 Å². The minimum absolute atomic E-state index is 0.138. The van der Waals surface area contributed by atoms with Crippen LogP contribution in [0.25, 0.3) is 11.0 Å². The Morgan fingerprint density at radius 2 is 1.64 bits per heavy atom. The molecule has 0 aliphatic heterocycles. The highest BCUT2D eigenvalue weighted by Crippen LogP contribution is 2.32. The van der Waals surface area contributed by atoms with Gasteiger partial charge in [0.25, 0.3) is 0 Å². The average Bonchev–Trinajstić information content (AvgIpc) is 2.95. The number of para-hydroxylation sites is 2. The molecule has 1 heterocycles. The van der Waals surface area contributed by atoms with E-state index >= 15 is 0 Å². The van der Waals surface area contributed by atoms with Crippen LogP contribution in [-0.2, 0) is 0 Å². The van der Waals surface area contributed by atoms with Crippen molar-refractivity contribution in [2.75, 3.05) is 0 Å². The summed E-state index contributed by atoms with van der Waals surface area (Å²) in [4.78, 5) is 32.6. The molecule has 1 aliphatic carbocycles. The Balaban J connectivity index is 1.71. The number of hydrogen-bond donors (Lipinski definition) is 1. The molecule has 1 aliphatic rings. The van der Waals surface area contributed by atoms with Gasteiger partial charge < -0.3 is 4.98 Å². The van der Waals surface area contributed by atoms with E-state index in [1.165, 1.54) is 17.8 Å². The molecule has 2 aromatic carbocycles. The first-order valence-corrected chi connectivity index (χ1v) is 7.56. The number of hydrogen-bond acceptors (Lipinski definition) is 4. The van der Waals surface area contributed by atoms with Gasteiger partial charge in [-0.25, -0.2) is 4.98 Å². The van der Waals surface area contributed by atoms with Crippen LogP contribution in [0.5, 0.6) is 0 Å². The van der Waals surface area contributed by atoms with Gasteiger partial charge in [0.15, 0.2) is 10.9 Å². The fraction of sp³-hybridized carbons (Fsp3) is 0. The van der Waals surface area contributed by atoms with Crippen LogP contribution < -0.4 is 0 Å². The number of ketones is 2. The number of H-pyrrole nitrogens is 1. The molecule has 1 N–H and O–H groups in total. The first-order valence-electron chi connectivity index (χ1n) is 6.75. The Labute approximate surface area is 130 Å². The minimum Gasteiger partial charge on any atom is -0.333 e. The van der Waals surface area contributed by atoms with Crippen molar-refractivity contribution in [3.05, 3.63) is 70.6 Å². The maximum atomic E-state index is 12.5. The van der Waals surface area contributed by atoms with Crippen LogP contribution in [0.1, 0.15) is 20.7 Å². The highest BCUT2D eigenvalue weighted by atomic mass is 32.2. The molecule has 0 saturated heterocycles. The third-order valence-corrected chi connectivity index (χ3v) is 4.41. The topological polar surface area (TPSA) is 62.8 Å². The SMILES string of the molecule is O=C1C=C(Sc2nc3ccccc3[nH]2)C(=O)c2ccccc21. The molecule has 1 aromatic heterocycles. The van der Waals surface area contributed by atoms with E-state index < -0.39 is 0 Å². The summed E-state index contributed by atoms with van der Waals surface area (Å²) < 4.78 is 0. The van der Waals surface area contributed by atoms with E-state index in [1.54, 1.807) is 24.3 Å². The normalized spacial score (nSPS) is 14.1. The molecule has 3 aromatic rings. The summed E-state index contributed by atoms with van der Waals surface area (Å²) in [6.45, 7) is 0. The zero-order valence-electron chi connectivity index (χ0n) is 11.4. The molecule has 0 bridgehead atoms. The van der Waals surface area contributed by atoms with E-state index in [0.717, 1.165) is 11.0 Å². The number of thioether (sulfide) groups is 1. The van der Waals surface area contributed by atoms with Gasteiger partial charge in [-0.3, -0.25) is 9.59 Å². The number of benzene rings is 2. The van der Waals surface area contributed by atoms with Crippen LogP contribution in [0.4, 0.5) is 0 Å². The number of carbonyl (C=O) groups is 2. The summed E-state index contributed by atoms with van der Waals surface area (Å²) >= 11 is 1.19. The lowest BCUT2D eigenvalue weighted by molar-refractivity contribution is 0.0991. The van der Waals surface area contributed by atoms with Gasteiger partial charge in [-0.2, -0.15) is 0 Å². The lowest BCUT2D eigenvalue weighted by Gasteiger charge is -2.13. The van der Waals surface area contributed by atoms with Gasteiger partial charge in [0.1, 0.15) is 0 Å². The van der Waals surface area contributed by atoms with Crippen LogP contribution in [0.15, 0.2) is 64.7 Å². The molecule has 4 nitrogen and oxygen atoms in total. The van der Waals surface area contributed by atoms with Crippen LogP contribution in [0.3, 0.4) is 0 Å². The zero-order valence-corrected chi connectivity index (χ0v) is 12.2. The molecule has 4 rings (SSSR count). The zero-order chi connectivity index (χ0) is 15.1. The quantitative estimate of drug-likeness (QED) is 0.785. The molecule has 106 valence electrons. The van der Waals surface area contributed by atoms with Gasteiger partial charge >= 0.3 is 0 Å². The monoisotopic (exact) mass is 306 g/mol. The first kappa shape index (κ1) is 13.0. The van der Waals surface area contributed by atoms with Gasteiger partial charge in [0.2, 0.25) is 5.78 Å². The number of nitrogens with zero attached hydrogens (tertiary/aromatic N) is 1. The third-order valence-electron chi connectivity index (χ3n) is 3.50. The minimum atomic E-state index is -0.145. The standard InChI is InChI=1S/C17H10N2O2S/c20-14-9-15(16(21)11-6-2-1-5-10(11)14)22-17-18-12-7-3-4-8-13(12)19-17/h1-9H,(H,18,19). The van der Waals surface area contributed by atoms with Gasteiger partial charge in [-0.1, -0.05) is 36.4 Å². The van der Waals surface area contributed by atoms with Crippen LogP contribution in [0.2, 0.25) is 0 Å². The summed E-state index contributed by atoms with van der Waals surface area (Å²) in [6.07, 6.45) is 1.39. The molecule has 0 radical (unpaired) electrons. The molecule has 0 unspecified atom stereocenters. The van der Waals surface area contributed by atoms with Gasteiger partial charge in [-0.05, 0) is 23.9 Å². The number of carbonyl (C=O) groups excluding carboxylic acids is 2. The molecule has 0 amide bonds. The molecule has 5 heteroatoms. The van der Waals surface area contributed by atoms with Crippen LogP contribution in [-0.4, -0.2) is 21.5 Å². The van der Waals surface area contributed by atoms with Crippen LogP contribution in [0, 0.1) is 0 Å². The Bertz CT molecular complexity index is 923. The van der Waals surface area contributed by atoms with E-state index in [0.29, 0.717) is 21.2 Å². The highest BCUT2D eigenvalue weighted by molar-refractivity contribution is 8.04. The van der Waals surface area contributed by atoms with Crippen molar-refractivity contribution in [3.8, 4) is 0 Å². The Morgan fingerprint density at radius 3 is 2.45 bits per heavy atom. The Hall–Kier alpha value is -2.66. The van der Waals surface area contributed by atoms with Crippen molar-refractivity contribution in [1.82, 2.24) is 9.97 Å². The van der Waals surface area contributed by atoms with E-state index in [2.05, 4.69) is 9.97 Å². The number of nitrogens with one attached hydrogen (secondary N) is 1. The Kier molecular flexibility index (Phi) is 2.94. The first-order chi connectivity index (χ1) is 10.7. The highest BCUT2D eigenvalue weighted by Gasteiger charge is 2.26. The number of fused-ring (bicyclic) bond motifs is 2. The summed E-state index contributed by atoms with van der Waals surface area (Å²) in [6, 6.07) is 14.5. The van der Waals surface area contributed by atoms with E-state index in [1.807, 2.05) is 24.3 Å². The Morgan fingerprint density at radius 1 is 0.909 bits per heavy atom. The molecule has 0 spiro atoms. The number of allylic oxidation sites excluding steroid dienone is 2. The van der Waals surface area contributed by atoms with Crippen molar-refractivity contribution >= 4 is 34.4 Å². The van der Waals surface area contributed by atoms with Crippen molar-refractivity contribution in [3.63, 3.8) is 0 Å². The lowest BCUT2D eigenvalue weighted by Crippen LogP contribution is -2.15. The van der Waals surface area contributed by atoms with Crippen LogP contribution >= 0.6 is 11.8 Å². The molecule has 0 saturated carbocycles. The molecular formula is C17H10N2O2S. The number of aromatic amines is 1. The van der Waals surface area contributed by atoms with Crippen molar-refractivity contribution in [2.24, 2.45) is 0 Å². The summed E-state index contributed by atoms with van der Waals surface area (Å²) in [5.74, 6) is -0.283. The number of aromatic nitrogens is 2. The van der Waals surface area contributed by atoms with Gasteiger partial charge in [0, 0.05) is 17.2 Å².